The predicted molar refractivity (Wildman–Crippen MR) is 129 cm³/mol. The van der Waals surface area contributed by atoms with Crippen LogP contribution in [0.3, 0.4) is 0 Å². The summed E-state index contributed by atoms with van der Waals surface area (Å²) in [6.07, 6.45) is 1.29. The van der Waals surface area contributed by atoms with Crippen LogP contribution in [0.25, 0.3) is 0 Å². The van der Waals surface area contributed by atoms with Gasteiger partial charge in [0.15, 0.2) is 0 Å². The number of primary amides is 1. The van der Waals surface area contributed by atoms with E-state index < -0.39 is 53.8 Å². The molecule has 1 fully saturated rings. The number of fused-ring (bicyclic) bond motifs is 1. The van der Waals surface area contributed by atoms with E-state index in [1.165, 1.54) is 36.5 Å². The minimum Gasteiger partial charge on any atom is -0.508 e. The second kappa shape index (κ2) is 10.7. The number of aromatic nitrogens is 1. The topological polar surface area (TPSA) is 221 Å². The van der Waals surface area contributed by atoms with Gasteiger partial charge < -0.3 is 36.4 Å². The molecule has 7 N–H and O–H groups in total. The molecule has 14 nitrogen and oxygen atoms in total. The molecule has 2 unspecified atom stereocenters. The van der Waals surface area contributed by atoms with Crippen molar-refractivity contribution in [1.82, 2.24) is 20.5 Å². The number of phenols is 1. The second-order valence-corrected chi connectivity index (χ2v) is 9.26. The average molecular weight is 544 g/mol. The van der Waals surface area contributed by atoms with Crippen molar-refractivity contribution in [3.05, 3.63) is 65.1 Å². The SMILES string of the molecule is NC(=O)OCC1=C(C(=O)O)N2C(=O)C(NC(=O)C(NC(=O)c3cnccc3O)c3ccc(O)cc3)[C@H]2SC1. The fourth-order valence-electron chi connectivity index (χ4n) is 3.93. The van der Waals surface area contributed by atoms with Crippen molar-refractivity contribution in [3.8, 4) is 11.5 Å². The fraction of sp³-hybridized carbons (Fsp3) is 0.217. The van der Waals surface area contributed by atoms with Gasteiger partial charge in [-0.1, -0.05) is 12.1 Å². The van der Waals surface area contributed by atoms with Crippen LogP contribution in [0.1, 0.15) is 22.0 Å². The Labute approximate surface area is 218 Å². The summed E-state index contributed by atoms with van der Waals surface area (Å²) in [5.74, 6) is -4.12. The van der Waals surface area contributed by atoms with Gasteiger partial charge in [-0.2, -0.15) is 0 Å². The Morgan fingerprint density at radius 3 is 2.53 bits per heavy atom. The van der Waals surface area contributed by atoms with E-state index in [-0.39, 0.29) is 39.6 Å². The molecule has 3 atom stereocenters. The third kappa shape index (κ3) is 5.17. The fourth-order valence-corrected chi connectivity index (χ4v) is 5.25. The number of carboxylic acid groups (broad SMARTS) is 1. The number of aliphatic carboxylic acids is 1. The lowest BCUT2D eigenvalue weighted by molar-refractivity contribution is -0.151. The summed E-state index contributed by atoms with van der Waals surface area (Å²) in [5.41, 5.74) is 4.82. The van der Waals surface area contributed by atoms with Crippen molar-refractivity contribution < 1.29 is 44.0 Å². The number of carbonyl (C=O) groups excluding carboxylic acids is 4. The number of hydrogen-bond acceptors (Lipinski definition) is 10. The number of thioether (sulfide) groups is 1. The van der Waals surface area contributed by atoms with E-state index in [4.69, 9.17) is 5.73 Å². The molecule has 1 aromatic heterocycles. The molecule has 0 bridgehead atoms. The van der Waals surface area contributed by atoms with E-state index in [2.05, 4.69) is 20.4 Å². The van der Waals surface area contributed by atoms with E-state index in [0.29, 0.717) is 0 Å². The number of β-lactam (4-membered cyclic amide) rings is 1. The molecule has 3 heterocycles. The minimum absolute atomic E-state index is 0.0864. The predicted octanol–water partition coefficient (Wildman–Crippen LogP) is -0.202. The summed E-state index contributed by atoms with van der Waals surface area (Å²) in [6.45, 7) is -0.409. The molecule has 15 heteroatoms. The van der Waals surface area contributed by atoms with Gasteiger partial charge in [0.2, 0.25) is 5.91 Å². The Bertz CT molecular complexity index is 1350. The number of hydrogen-bond donors (Lipinski definition) is 6. The molecule has 4 amide bonds. The number of ether oxygens (including phenoxy) is 1. The molecule has 198 valence electrons. The third-order valence-electron chi connectivity index (χ3n) is 5.74. The van der Waals surface area contributed by atoms with Crippen molar-refractivity contribution in [3.63, 3.8) is 0 Å². The largest absolute Gasteiger partial charge is 0.508 e. The van der Waals surface area contributed by atoms with Crippen LogP contribution in [-0.4, -0.2) is 78.8 Å². The summed E-state index contributed by atoms with van der Waals surface area (Å²) >= 11 is 1.15. The van der Waals surface area contributed by atoms with Crippen molar-refractivity contribution in [1.29, 1.82) is 0 Å². The van der Waals surface area contributed by atoms with E-state index in [1.54, 1.807) is 0 Å². The monoisotopic (exact) mass is 543 g/mol. The van der Waals surface area contributed by atoms with Gasteiger partial charge in [0.25, 0.3) is 11.8 Å². The molecule has 0 aliphatic carbocycles. The molecule has 2 aliphatic rings. The Balaban J connectivity index is 1.55. The number of amides is 4. The van der Waals surface area contributed by atoms with Gasteiger partial charge in [0.05, 0.1) is 5.56 Å². The molecule has 0 spiro atoms. The standard InChI is InChI=1S/C23H21N5O9S/c24-23(36)37-8-11-9-38-21-16(20(33)28(21)17(11)22(34)35)27-19(32)15(10-1-3-12(29)4-2-10)26-18(31)13-7-25-6-5-14(13)30/h1-7,15-16,21,29H,8-9H2,(H2,24,36)(H,25,30)(H,26,31)(H,27,32)(H,34,35)/t15?,16?,21-/m1/s1. The van der Waals surface area contributed by atoms with Gasteiger partial charge in [-0.15, -0.1) is 11.8 Å². The van der Waals surface area contributed by atoms with Gasteiger partial charge >= 0.3 is 12.1 Å². The molecular formula is C23H21N5O9S. The summed E-state index contributed by atoms with van der Waals surface area (Å²) < 4.78 is 4.68. The second-order valence-electron chi connectivity index (χ2n) is 8.15. The minimum atomic E-state index is -1.41. The summed E-state index contributed by atoms with van der Waals surface area (Å²) in [4.78, 5) is 66.6. The molecule has 0 saturated carbocycles. The lowest BCUT2D eigenvalue weighted by Gasteiger charge is -2.49. The first kappa shape index (κ1) is 26.3. The highest BCUT2D eigenvalue weighted by atomic mass is 32.2. The number of carbonyl (C=O) groups is 5. The van der Waals surface area contributed by atoms with E-state index >= 15 is 0 Å². The van der Waals surface area contributed by atoms with Crippen molar-refractivity contribution >= 4 is 41.5 Å². The number of pyridine rings is 1. The molecule has 0 radical (unpaired) electrons. The average Bonchev–Trinajstić information content (AvgIpc) is 2.88. The van der Waals surface area contributed by atoms with Crippen molar-refractivity contribution in [2.75, 3.05) is 12.4 Å². The van der Waals surface area contributed by atoms with Gasteiger partial charge in [-0.05, 0) is 23.8 Å². The summed E-state index contributed by atoms with van der Waals surface area (Å²) in [7, 11) is 0. The maximum absolute atomic E-state index is 13.3. The number of nitrogens with one attached hydrogen (secondary N) is 2. The summed E-state index contributed by atoms with van der Waals surface area (Å²) in [6, 6.07) is 4.11. The molecule has 1 saturated heterocycles. The Hall–Kier alpha value is -4.79. The number of phenolic OH excluding ortho intramolecular Hbond substituents is 1. The molecule has 4 rings (SSSR count). The summed E-state index contributed by atoms with van der Waals surface area (Å²) in [5, 5.41) is 33.5. The van der Waals surface area contributed by atoms with E-state index in [9.17, 15) is 39.3 Å². The zero-order valence-corrected chi connectivity index (χ0v) is 20.2. The van der Waals surface area contributed by atoms with Crippen LogP contribution < -0.4 is 16.4 Å². The maximum atomic E-state index is 13.3. The zero-order chi connectivity index (χ0) is 27.6. The molecule has 1 aromatic carbocycles. The zero-order valence-electron chi connectivity index (χ0n) is 19.4. The van der Waals surface area contributed by atoms with E-state index in [0.717, 1.165) is 22.9 Å². The van der Waals surface area contributed by atoms with Crippen molar-refractivity contribution in [2.24, 2.45) is 5.73 Å². The lowest BCUT2D eigenvalue weighted by Crippen LogP contribution is -2.71. The number of nitrogens with zero attached hydrogens (tertiary/aromatic N) is 2. The van der Waals surface area contributed by atoms with Crippen molar-refractivity contribution in [2.45, 2.75) is 17.5 Å². The Kier molecular flexibility index (Phi) is 7.38. The van der Waals surface area contributed by atoms with Crippen LogP contribution in [-0.2, 0) is 19.1 Å². The lowest BCUT2D eigenvalue weighted by atomic mass is 10.0. The molecule has 2 aliphatic heterocycles. The quantitative estimate of drug-likeness (QED) is 0.239. The van der Waals surface area contributed by atoms with E-state index in [1.807, 2.05) is 0 Å². The maximum Gasteiger partial charge on any atom is 0.404 e. The smallest absolute Gasteiger partial charge is 0.404 e. The highest BCUT2D eigenvalue weighted by molar-refractivity contribution is 8.00. The molecule has 2 aromatic rings. The number of rotatable bonds is 8. The normalized spacial score (nSPS) is 19.1. The van der Waals surface area contributed by atoms with Gasteiger partial charge in [-0.3, -0.25) is 24.3 Å². The van der Waals surface area contributed by atoms with Crippen LogP contribution in [0.15, 0.2) is 54.0 Å². The van der Waals surface area contributed by atoms with Gasteiger partial charge in [0, 0.05) is 23.7 Å². The molecular weight excluding hydrogens is 522 g/mol. The Morgan fingerprint density at radius 2 is 1.89 bits per heavy atom. The van der Waals surface area contributed by atoms with Crippen LogP contribution in [0, 0.1) is 0 Å². The third-order valence-corrected chi connectivity index (χ3v) is 7.08. The number of carboxylic acids is 1. The van der Waals surface area contributed by atoms with Gasteiger partial charge in [0.1, 0.15) is 41.3 Å². The van der Waals surface area contributed by atoms with Crippen LogP contribution in [0.2, 0.25) is 0 Å². The molecule has 38 heavy (non-hydrogen) atoms. The first-order valence-corrected chi connectivity index (χ1v) is 12.0. The van der Waals surface area contributed by atoms with Crippen LogP contribution >= 0.6 is 11.8 Å². The number of aromatic hydroxyl groups is 2. The first-order valence-electron chi connectivity index (χ1n) is 10.9. The van der Waals surface area contributed by atoms with Gasteiger partial charge in [-0.25, -0.2) is 9.59 Å². The Morgan fingerprint density at radius 1 is 1.18 bits per heavy atom. The number of benzene rings is 1. The van der Waals surface area contributed by atoms with Crippen LogP contribution in [0.4, 0.5) is 4.79 Å². The van der Waals surface area contributed by atoms with Crippen LogP contribution in [0.5, 0.6) is 11.5 Å². The number of nitrogens with two attached hydrogens (primary N) is 1. The highest BCUT2D eigenvalue weighted by Gasteiger charge is 2.54. The first-order chi connectivity index (χ1) is 18.1. The highest BCUT2D eigenvalue weighted by Crippen LogP contribution is 2.40.